The molecular formula is C13H17NOS2. The molecule has 17 heavy (non-hydrogen) atoms. The Balaban J connectivity index is 2.35. The predicted molar refractivity (Wildman–Crippen MR) is 75.4 cm³/mol. The van der Waals surface area contributed by atoms with Crippen molar-refractivity contribution in [2.75, 3.05) is 13.7 Å². The highest BCUT2D eigenvalue weighted by Gasteiger charge is 2.20. The lowest BCUT2D eigenvalue weighted by atomic mass is 10.2. The number of methoxy groups -OCH3 is 1. The molecule has 2 aromatic heterocycles. The van der Waals surface area contributed by atoms with Gasteiger partial charge in [-0.1, -0.05) is 6.92 Å². The maximum absolute atomic E-state index is 5.42. The van der Waals surface area contributed by atoms with Crippen molar-refractivity contribution in [2.45, 2.75) is 19.9 Å². The summed E-state index contributed by atoms with van der Waals surface area (Å²) in [6, 6.07) is 6.66. The molecule has 1 unspecified atom stereocenters. The first kappa shape index (κ1) is 12.6. The van der Waals surface area contributed by atoms with E-state index in [2.05, 4.69) is 36.7 Å². The van der Waals surface area contributed by atoms with Gasteiger partial charge in [0.2, 0.25) is 0 Å². The van der Waals surface area contributed by atoms with Crippen molar-refractivity contribution in [1.82, 2.24) is 5.32 Å². The molecule has 0 spiro atoms. The average molecular weight is 267 g/mol. The molecule has 1 atom stereocenters. The zero-order valence-electron chi connectivity index (χ0n) is 10.3. The van der Waals surface area contributed by atoms with Crippen LogP contribution in [0.25, 0.3) is 0 Å². The first-order valence-electron chi connectivity index (χ1n) is 5.67. The minimum Gasteiger partial charge on any atom is -0.496 e. The Bertz CT molecular complexity index is 475. The fourth-order valence-corrected chi connectivity index (χ4v) is 3.81. The molecule has 2 nitrogen and oxygen atoms in total. The van der Waals surface area contributed by atoms with Crippen molar-refractivity contribution < 1.29 is 4.74 Å². The molecule has 2 rings (SSSR count). The standard InChI is InChI=1S/C13H17NOS2/c1-4-14-12(11-6-5-9(2)17-11)13-10(15-3)7-8-16-13/h5-8,12,14H,4H2,1-3H3. The second-order valence-electron chi connectivity index (χ2n) is 3.79. The summed E-state index contributed by atoms with van der Waals surface area (Å²) in [6.07, 6.45) is 0. The molecule has 0 amide bonds. The Morgan fingerprint density at radius 3 is 2.76 bits per heavy atom. The lowest BCUT2D eigenvalue weighted by molar-refractivity contribution is 0.408. The first-order valence-corrected chi connectivity index (χ1v) is 7.37. The van der Waals surface area contributed by atoms with Crippen LogP contribution in [0.1, 0.15) is 27.6 Å². The lowest BCUT2D eigenvalue weighted by Gasteiger charge is -2.16. The normalized spacial score (nSPS) is 12.6. The molecule has 92 valence electrons. The first-order chi connectivity index (χ1) is 8.26. The van der Waals surface area contributed by atoms with E-state index in [4.69, 9.17) is 4.74 Å². The summed E-state index contributed by atoms with van der Waals surface area (Å²) in [4.78, 5) is 3.96. The molecule has 2 heterocycles. The number of ether oxygens (including phenoxy) is 1. The van der Waals surface area contributed by atoms with Crippen LogP contribution in [0.4, 0.5) is 0 Å². The van der Waals surface area contributed by atoms with Gasteiger partial charge < -0.3 is 10.1 Å². The van der Waals surface area contributed by atoms with Crippen LogP contribution in [0.2, 0.25) is 0 Å². The molecule has 0 aliphatic rings. The van der Waals surface area contributed by atoms with Crippen LogP contribution in [0.15, 0.2) is 23.6 Å². The van der Waals surface area contributed by atoms with Crippen LogP contribution in [0, 0.1) is 6.92 Å². The van der Waals surface area contributed by atoms with E-state index in [0.29, 0.717) is 0 Å². The van der Waals surface area contributed by atoms with E-state index in [1.807, 2.05) is 17.4 Å². The van der Waals surface area contributed by atoms with Crippen LogP contribution in [-0.2, 0) is 0 Å². The van der Waals surface area contributed by atoms with Crippen molar-refractivity contribution >= 4 is 22.7 Å². The highest BCUT2D eigenvalue weighted by atomic mass is 32.1. The third-order valence-electron chi connectivity index (χ3n) is 2.59. The maximum atomic E-state index is 5.42. The number of rotatable bonds is 5. The molecule has 4 heteroatoms. The molecule has 0 fully saturated rings. The van der Waals surface area contributed by atoms with E-state index < -0.39 is 0 Å². The van der Waals surface area contributed by atoms with Crippen LogP contribution in [0.3, 0.4) is 0 Å². The van der Waals surface area contributed by atoms with Crippen molar-refractivity contribution in [3.05, 3.63) is 38.2 Å². The van der Waals surface area contributed by atoms with Crippen LogP contribution < -0.4 is 10.1 Å². The summed E-state index contributed by atoms with van der Waals surface area (Å²) in [7, 11) is 1.73. The van der Waals surface area contributed by atoms with Crippen molar-refractivity contribution in [3.63, 3.8) is 0 Å². The van der Waals surface area contributed by atoms with E-state index >= 15 is 0 Å². The highest BCUT2D eigenvalue weighted by Crippen LogP contribution is 2.37. The summed E-state index contributed by atoms with van der Waals surface area (Å²) >= 11 is 3.59. The smallest absolute Gasteiger partial charge is 0.134 e. The molecular weight excluding hydrogens is 250 g/mol. The molecule has 0 radical (unpaired) electrons. The third kappa shape index (κ3) is 2.70. The summed E-state index contributed by atoms with van der Waals surface area (Å²) in [6.45, 7) is 5.22. The van der Waals surface area contributed by atoms with Gasteiger partial charge in [-0.3, -0.25) is 0 Å². The molecule has 0 saturated heterocycles. The number of nitrogens with one attached hydrogen (secondary N) is 1. The van der Waals surface area contributed by atoms with Gasteiger partial charge in [0.25, 0.3) is 0 Å². The van der Waals surface area contributed by atoms with Crippen LogP contribution in [0.5, 0.6) is 5.75 Å². The minimum absolute atomic E-state index is 0.258. The molecule has 0 aliphatic heterocycles. The topological polar surface area (TPSA) is 21.3 Å². The van der Waals surface area contributed by atoms with Crippen LogP contribution >= 0.6 is 22.7 Å². The Labute approximate surface area is 110 Å². The largest absolute Gasteiger partial charge is 0.496 e. The number of hydrogen-bond acceptors (Lipinski definition) is 4. The van der Waals surface area contributed by atoms with Crippen molar-refractivity contribution in [1.29, 1.82) is 0 Å². The Hall–Kier alpha value is -0.840. The van der Waals surface area contributed by atoms with E-state index in [9.17, 15) is 0 Å². The van der Waals surface area contributed by atoms with Crippen LogP contribution in [-0.4, -0.2) is 13.7 Å². The molecule has 0 aliphatic carbocycles. The van der Waals surface area contributed by atoms with Gasteiger partial charge in [-0.05, 0) is 37.0 Å². The van der Waals surface area contributed by atoms with E-state index in [1.165, 1.54) is 14.6 Å². The van der Waals surface area contributed by atoms with Crippen molar-refractivity contribution in [3.8, 4) is 5.75 Å². The Morgan fingerprint density at radius 2 is 2.18 bits per heavy atom. The Kier molecular flexibility index (Phi) is 4.20. The SMILES string of the molecule is CCNC(c1ccc(C)s1)c1sccc1OC. The molecule has 0 aromatic carbocycles. The number of aryl methyl sites for hydroxylation is 1. The molecule has 0 bridgehead atoms. The third-order valence-corrected chi connectivity index (χ3v) is 4.62. The van der Waals surface area contributed by atoms with Gasteiger partial charge in [0.1, 0.15) is 5.75 Å². The molecule has 2 aromatic rings. The fourth-order valence-electron chi connectivity index (χ4n) is 1.82. The van der Waals surface area contributed by atoms with Crippen molar-refractivity contribution in [2.24, 2.45) is 0 Å². The summed E-state index contributed by atoms with van der Waals surface area (Å²) in [5.74, 6) is 0.979. The summed E-state index contributed by atoms with van der Waals surface area (Å²) in [5.41, 5.74) is 0. The number of hydrogen-bond donors (Lipinski definition) is 1. The summed E-state index contributed by atoms with van der Waals surface area (Å²) in [5, 5.41) is 5.61. The van der Waals surface area contributed by atoms with Gasteiger partial charge in [-0.15, -0.1) is 22.7 Å². The zero-order chi connectivity index (χ0) is 12.3. The fraction of sp³-hybridized carbons (Fsp3) is 0.385. The average Bonchev–Trinajstić information content (AvgIpc) is 2.94. The number of thiophene rings is 2. The van der Waals surface area contributed by atoms with E-state index in [0.717, 1.165) is 12.3 Å². The van der Waals surface area contributed by atoms with Gasteiger partial charge in [-0.2, -0.15) is 0 Å². The van der Waals surface area contributed by atoms with Gasteiger partial charge in [0.05, 0.1) is 18.0 Å². The second kappa shape index (κ2) is 5.67. The van der Waals surface area contributed by atoms with Gasteiger partial charge in [0, 0.05) is 9.75 Å². The van der Waals surface area contributed by atoms with E-state index in [1.54, 1.807) is 18.4 Å². The molecule has 1 N–H and O–H groups in total. The van der Waals surface area contributed by atoms with E-state index in [-0.39, 0.29) is 6.04 Å². The predicted octanol–water partition coefficient (Wildman–Crippen LogP) is 3.83. The lowest BCUT2D eigenvalue weighted by Crippen LogP contribution is -2.20. The van der Waals surface area contributed by atoms with Gasteiger partial charge >= 0.3 is 0 Å². The molecule has 0 saturated carbocycles. The monoisotopic (exact) mass is 267 g/mol. The minimum atomic E-state index is 0.258. The maximum Gasteiger partial charge on any atom is 0.134 e. The second-order valence-corrected chi connectivity index (χ2v) is 6.06. The quantitative estimate of drug-likeness (QED) is 0.889. The zero-order valence-corrected chi connectivity index (χ0v) is 12.0. The van der Waals surface area contributed by atoms with Gasteiger partial charge in [0.15, 0.2) is 0 Å². The highest BCUT2D eigenvalue weighted by molar-refractivity contribution is 7.13. The Morgan fingerprint density at radius 1 is 1.35 bits per heavy atom. The summed E-state index contributed by atoms with van der Waals surface area (Å²) < 4.78 is 5.42. The van der Waals surface area contributed by atoms with Gasteiger partial charge in [-0.25, -0.2) is 0 Å².